The second-order valence-corrected chi connectivity index (χ2v) is 4.33. The Morgan fingerprint density at radius 1 is 1.18 bits per heavy atom. The molecular formula is C14H23NO2. The van der Waals surface area contributed by atoms with Crippen LogP contribution in [-0.2, 0) is 4.74 Å². The summed E-state index contributed by atoms with van der Waals surface area (Å²) in [4.78, 5) is 0. The fourth-order valence-electron chi connectivity index (χ4n) is 1.94. The van der Waals surface area contributed by atoms with Gasteiger partial charge in [0.15, 0.2) is 0 Å². The van der Waals surface area contributed by atoms with Crippen molar-refractivity contribution >= 4 is 0 Å². The average molecular weight is 237 g/mol. The van der Waals surface area contributed by atoms with Gasteiger partial charge < -0.3 is 15.2 Å². The van der Waals surface area contributed by atoms with Crippen LogP contribution < -0.4 is 10.5 Å². The molecule has 0 saturated carbocycles. The Morgan fingerprint density at radius 2 is 1.82 bits per heavy atom. The number of hydrogen-bond acceptors (Lipinski definition) is 3. The summed E-state index contributed by atoms with van der Waals surface area (Å²) < 4.78 is 11.0. The number of methoxy groups -OCH3 is 2. The van der Waals surface area contributed by atoms with Crippen LogP contribution in [0.25, 0.3) is 0 Å². The van der Waals surface area contributed by atoms with Crippen LogP contribution in [0.4, 0.5) is 0 Å². The fourth-order valence-corrected chi connectivity index (χ4v) is 1.94. The highest BCUT2D eigenvalue weighted by Crippen LogP contribution is 2.32. The van der Waals surface area contributed by atoms with Crippen LogP contribution >= 0.6 is 0 Å². The van der Waals surface area contributed by atoms with Crippen molar-refractivity contribution < 1.29 is 9.47 Å². The molecule has 3 heteroatoms. The standard InChI is InChI=1S/C14H23NO2/c1-10-8-12(13(16-3)6-5-7-15)14(17-4)9-11(10)2/h8-9,13H,5-7,15H2,1-4H3. The highest BCUT2D eigenvalue weighted by Gasteiger charge is 2.16. The van der Waals surface area contributed by atoms with Gasteiger partial charge in [0.2, 0.25) is 0 Å². The molecule has 0 saturated heterocycles. The van der Waals surface area contributed by atoms with E-state index in [0.29, 0.717) is 6.54 Å². The van der Waals surface area contributed by atoms with Crippen LogP contribution in [-0.4, -0.2) is 20.8 Å². The molecule has 1 aromatic rings. The fraction of sp³-hybridized carbons (Fsp3) is 0.571. The molecule has 2 N–H and O–H groups in total. The van der Waals surface area contributed by atoms with Crippen LogP contribution in [0.5, 0.6) is 5.75 Å². The molecule has 0 fully saturated rings. The van der Waals surface area contributed by atoms with Gasteiger partial charge in [-0.05, 0) is 56.5 Å². The van der Waals surface area contributed by atoms with E-state index in [9.17, 15) is 0 Å². The molecule has 0 aromatic heterocycles. The summed E-state index contributed by atoms with van der Waals surface area (Å²) >= 11 is 0. The summed E-state index contributed by atoms with van der Waals surface area (Å²) in [7, 11) is 3.43. The van der Waals surface area contributed by atoms with E-state index in [2.05, 4.69) is 26.0 Å². The van der Waals surface area contributed by atoms with Crippen molar-refractivity contribution in [1.29, 1.82) is 0 Å². The first-order chi connectivity index (χ1) is 8.13. The Labute approximate surface area is 104 Å². The average Bonchev–Trinajstić information content (AvgIpc) is 2.34. The summed E-state index contributed by atoms with van der Waals surface area (Å²) in [6, 6.07) is 4.22. The van der Waals surface area contributed by atoms with Gasteiger partial charge in [0.25, 0.3) is 0 Å². The topological polar surface area (TPSA) is 44.5 Å². The van der Waals surface area contributed by atoms with Gasteiger partial charge in [-0.3, -0.25) is 0 Å². The zero-order chi connectivity index (χ0) is 12.8. The van der Waals surface area contributed by atoms with E-state index in [1.807, 2.05) is 0 Å². The van der Waals surface area contributed by atoms with Gasteiger partial charge in [0, 0.05) is 12.7 Å². The Balaban J connectivity index is 3.04. The van der Waals surface area contributed by atoms with E-state index in [-0.39, 0.29) is 6.10 Å². The number of hydrogen-bond donors (Lipinski definition) is 1. The Bertz CT molecular complexity index is 363. The normalized spacial score (nSPS) is 12.5. The van der Waals surface area contributed by atoms with Crippen LogP contribution in [0.3, 0.4) is 0 Å². The van der Waals surface area contributed by atoms with Crippen LogP contribution in [0, 0.1) is 13.8 Å². The summed E-state index contributed by atoms with van der Waals surface area (Å²) in [5.74, 6) is 0.900. The molecule has 1 atom stereocenters. The van der Waals surface area contributed by atoms with E-state index in [1.165, 1.54) is 11.1 Å². The molecule has 0 bridgehead atoms. The smallest absolute Gasteiger partial charge is 0.124 e. The highest BCUT2D eigenvalue weighted by atomic mass is 16.5. The predicted octanol–water partition coefficient (Wildman–Crippen LogP) is 2.74. The molecule has 0 aliphatic heterocycles. The molecule has 1 rings (SSSR count). The van der Waals surface area contributed by atoms with Gasteiger partial charge in [-0.15, -0.1) is 0 Å². The lowest BCUT2D eigenvalue weighted by Crippen LogP contribution is -2.08. The maximum atomic E-state index is 5.55. The van der Waals surface area contributed by atoms with Gasteiger partial charge in [-0.25, -0.2) is 0 Å². The lowest BCUT2D eigenvalue weighted by molar-refractivity contribution is 0.0919. The van der Waals surface area contributed by atoms with Crippen LogP contribution in [0.2, 0.25) is 0 Å². The first kappa shape index (κ1) is 14.0. The van der Waals surface area contributed by atoms with Crippen molar-refractivity contribution in [2.45, 2.75) is 32.8 Å². The molecule has 17 heavy (non-hydrogen) atoms. The zero-order valence-electron chi connectivity index (χ0n) is 11.2. The Hall–Kier alpha value is -1.06. The number of rotatable bonds is 6. The molecule has 0 aliphatic carbocycles. The summed E-state index contributed by atoms with van der Waals surface area (Å²) in [6.45, 7) is 4.88. The summed E-state index contributed by atoms with van der Waals surface area (Å²) in [5.41, 5.74) is 9.16. The minimum Gasteiger partial charge on any atom is -0.496 e. The Kier molecular flexibility index (Phi) is 5.45. The second kappa shape index (κ2) is 6.62. The third-order valence-electron chi connectivity index (χ3n) is 3.15. The predicted molar refractivity (Wildman–Crippen MR) is 70.5 cm³/mol. The minimum atomic E-state index is 0.0628. The molecule has 0 radical (unpaired) electrons. The number of benzene rings is 1. The zero-order valence-corrected chi connectivity index (χ0v) is 11.2. The maximum absolute atomic E-state index is 5.55. The Morgan fingerprint density at radius 3 is 2.35 bits per heavy atom. The van der Waals surface area contributed by atoms with E-state index >= 15 is 0 Å². The molecule has 0 spiro atoms. The number of nitrogens with two attached hydrogens (primary N) is 1. The molecule has 3 nitrogen and oxygen atoms in total. The van der Waals surface area contributed by atoms with Gasteiger partial charge in [0.1, 0.15) is 5.75 Å². The maximum Gasteiger partial charge on any atom is 0.124 e. The molecular weight excluding hydrogens is 214 g/mol. The van der Waals surface area contributed by atoms with E-state index in [0.717, 1.165) is 24.2 Å². The SMILES string of the molecule is COc1cc(C)c(C)cc1C(CCCN)OC. The lowest BCUT2D eigenvalue weighted by Gasteiger charge is -2.20. The summed E-state index contributed by atoms with van der Waals surface area (Å²) in [6.07, 6.45) is 1.94. The van der Waals surface area contributed by atoms with Crippen molar-refractivity contribution in [1.82, 2.24) is 0 Å². The number of ether oxygens (including phenoxy) is 2. The van der Waals surface area contributed by atoms with Crippen LogP contribution in [0.15, 0.2) is 12.1 Å². The molecule has 96 valence electrons. The van der Waals surface area contributed by atoms with Crippen molar-refractivity contribution in [2.24, 2.45) is 5.73 Å². The highest BCUT2D eigenvalue weighted by molar-refractivity contribution is 5.43. The number of aryl methyl sites for hydroxylation is 2. The van der Waals surface area contributed by atoms with E-state index in [1.54, 1.807) is 14.2 Å². The first-order valence-electron chi connectivity index (χ1n) is 6.02. The largest absolute Gasteiger partial charge is 0.496 e. The summed E-state index contributed by atoms with van der Waals surface area (Å²) in [5, 5.41) is 0. The van der Waals surface area contributed by atoms with Crippen molar-refractivity contribution in [3.63, 3.8) is 0 Å². The quantitative estimate of drug-likeness (QED) is 0.827. The lowest BCUT2D eigenvalue weighted by atomic mass is 9.98. The van der Waals surface area contributed by atoms with E-state index in [4.69, 9.17) is 15.2 Å². The van der Waals surface area contributed by atoms with Gasteiger partial charge in [-0.1, -0.05) is 0 Å². The van der Waals surface area contributed by atoms with Gasteiger partial charge >= 0.3 is 0 Å². The van der Waals surface area contributed by atoms with Crippen molar-refractivity contribution in [3.8, 4) is 5.75 Å². The molecule has 1 aromatic carbocycles. The molecule has 0 aliphatic rings. The monoisotopic (exact) mass is 237 g/mol. The van der Waals surface area contributed by atoms with Crippen molar-refractivity contribution in [3.05, 3.63) is 28.8 Å². The van der Waals surface area contributed by atoms with E-state index < -0.39 is 0 Å². The molecule has 0 heterocycles. The minimum absolute atomic E-state index is 0.0628. The van der Waals surface area contributed by atoms with Crippen LogP contribution in [0.1, 0.15) is 35.6 Å². The third kappa shape index (κ3) is 3.45. The molecule has 0 amide bonds. The third-order valence-corrected chi connectivity index (χ3v) is 3.15. The van der Waals surface area contributed by atoms with Gasteiger partial charge in [0.05, 0.1) is 13.2 Å². The second-order valence-electron chi connectivity index (χ2n) is 4.33. The first-order valence-corrected chi connectivity index (χ1v) is 6.02. The molecule has 1 unspecified atom stereocenters. The van der Waals surface area contributed by atoms with Gasteiger partial charge in [-0.2, -0.15) is 0 Å². The van der Waals surface area contributed by atoms with Crippen molar-refractivity contribution in [2.75, 3.05) is 20.8 Å².